The lowest BCUT2D eigenvalue weighted by Gasteiger charge is -2.05. The van der Waals surface area contributed by atoms with E-state index >= 15 is 0 Å². The van der Waals surface area contributed by atoms with Gasteiger partial charge in [0.05, 0.1) is 11.6 Å². The highest BCUT2D eigenvalue weighted by Gasteiger charge is 2.16. The average Bonchev–Trinajstić information content (AvgIpc) is 2.28. The van der Waals surface area contributed by atoms with Crippen LogP contribution in [0.4, 0.5) is 0 Å². The van der Waals surface area contributed by atoms with Crippen LogP contribution in [0.15, 0.2) is 29.3 Å². The molecule has 1 rings (SSSR count). The molecule has 0 heterocycles. The van der Waals surface area contributed by atoms with Gasteiger partial charge in [0.15, 0.2) is 6.04 Å². The Kier molecular flexibility index (Phi) is 3.96. The molecule has 80 valence electrons. The predicted molar refractivity (Wildman–Crippen MR) is 54.4 cm³/mol. The van der Waals surface area contributed by atoms with Crippen molar-refractivity contribution >= 4 is 12.0 Å². The van der Waals surface area contributed by atoms with Crippen LogP contribution in [-0.4, -0.2) is 23.2 Å². The van der Waals surface area contributed by atoms with Crippen molar-refractivity contribution in [2.75, 3.05) is 0 Å². The first-order valence-corrected chi connectivity index (χ1v) is 4.46. The zero-order valence-corrected chi connectivity index (χ0v) is 8.25. The Bertz CT molecular complexity index is 482. The molecule has 1 aromatic rings. The lowest BCUT2D eigenvalue weighted by atomic mass is 10.0. The average molecular weight is 216 g/mol. The largest absolute Gasteiger partial charge is 0.480 e. The van der Waals surface area contributed by atoms with Crippen molar-refractivity contribution < 1.29 is 14.7 Å². The van der Waals surface area contributed by atoms with Gasteiger partial charge >= 0.3 is 5.97 Å². The Morgan fingerprint density at radius 3 is 2.88 bits per heavy atom. The summed E-state index contributed by atoms with van der Waals surface area (Å²) in [5.74, 6) is -1.19. The minimum atomic E-state index is -1.19. The van der Waals surface area contributed by atoms with Gasteiger partial charge in [0.25, 0.3) is 0 Å². The van der Waals surface area contributed by atoms with Crippen molar-refractivity contribution in [3.63, 3.8) is 0 Å². The molecule has 0 amide bonds. The molecular weight excluding hydrogens is 208 g/mol. The van der Waals surface area contributed by atoms with Gasteiger partial charge in [-0.1, -0.05) is 12.1 Å². The SMILES string of the molecule is N#Cc1cccc(C[C@@H](N=C=O)C(=O)O)c1. The number of hydrogen-bond donors (Lipinski definition) is 1. The number of nitrogens with zero attached hydrogens (tertiary/aromatic N) is 2. The van der Waals surface area contributed by atoms with E-state index in [4.69, 9.17) is 10.4 Å². The Morgan fingerprint density at radius 2 is 2.31 bits per heavy atom. The van der Waals surface area contributed by atoms with Gasteiger partial charge in [-0.15, -0.1) is 0 Å². The molecule has 0 radical (unpaired) electrons. The van der Waals surface area contributed by atoms with Gasteiger partial charge in [-0.25, -0.2) is 9.59 Å². The Hall–Kier alpha value is -2.44. The lowest BCUT2D eigenvalue weighted by molar-refractivity contribution is -0.138. The number of carbonyl (C=O) groups excluding carboxylic acids is 1. The van der Waals surface area contributed by atoms with Crippen molar-refractivity contribution in [3.05, 3.63) is 35.4 Å². The number of hydrogen-bond acceptors (Lipinski definition) is 4. The number of isocyanates is 1. The van der Waals surface area contributed by atoms with Gasteiger partial charge in [-0.2, -0.15) is 10.3 Å². The first-order valence-electron chi connectivity index (χ1n) is 4.46. The van der Waals surface area contributed by atoms with Crippen LogP contribution in [0.1, 0.15) is 11.1 Å². The number of carboxylic acids is 1. The van der Waals surface area contributed by atoms with Crippen molar-refractivity contribution in [2.45, 2.75) is 12.5 Å². The van der Waals surface area contributed by atoms with Crippen LogP contribution < -0.4 is 0 Å². The number of aliphatic imine (C=N–C) groups is 1. The molecule has 0 aliphatic rings. The first-order chi connectivity index (χ1) is 7.67. The maximum absolute atomic E-state index is 10.7. The molecule has 0 bridgehead atoms. The van der Waals surface area contributed by atoms with Crippen LogP contribution in [0.2, 0.25) is 0 Å². The highest BCUT2D eigenvalue weighted by molar-refractivity contribution is 5.75. The molecule has 5 heteroatoms. The summed E-state index contributed by atoms with van der Waals surface area (Å²) in [5.41, 5.74) is 1.09. The van der Waals surface area contributed by atoms with E-state index in [1.807, 2.05) is 6.07 Å². The van der Waals surface area contributed by atoms with Crippen LogP contribution in [-0.2, 0) is 16.0 Å². The lowest BCUT2D eigenvalue weighted by Crippen LogP contribution is -2.20. The second kappa shape index (κ2) is 5.44. The third kappa shape index (κ3) is 3.05. The second-order valence-electron chi connectivity index (χ2n) is 3.09. The molecule has 0 unspecified atom stereocenters. The zero-order chi connectivity index (χ0) is 12.0. The quantitative estimate of drug-likeness (QED) is 0.597. The van der Waals surface area contributed by atoms with Crippen molar-refractivity contribution in [2.24, 2.45) is 4.99 Å². The minimum Gasteiger partial charge on any atom is -0.480 e. The van der Waals surface area contributed by atoms with Crippen LogP contribution in [0.5, 0.6) is 0 Å². The van der Waals surface area contributed by atoms with Crippen molar-refractivity contribution in [1.82, 2.24) is 0 Å². The fourth-order valence-electron chi connectivity index (χ4n) is 1.24. The number of carboxylic acid groups (broad SMARTS) is 1. The smallest absolute Gasteiger partial charge is 0.329 e. The van der Waals surface area contributed by atoms with E-state index in [0.29, 0.717) is 11.1 Å². The van der Waals surface area contributed by atoms with E-state index < -0.39 is 12.0 Å². The van der Waals surface area contributed by atoms with Gasteiger partial charge in [-0.3, -0.25) is 0 Å². The topological polar surface area (TPSA) is 90.5 Å². The summed E-state index contributed by atoms with van der Waals surface area (Å²) in [4.78, 5) is 23.9. The number of nitriles is 1. The summed E-state index contributed by atoms with van der Waals surface area (Å²) in [7, 11) is 0. The maximum Gasteiger partial charge on any atom is 0.329 e. The molecule has 0 saturated carbocycles. The van der Waals surface area contributed by atoms with Crippen molar-refractivity contribution in [1.29, 1.82) is 5.26 Å². The standard InChI is InChI=1S/C11H8N2O3/c12-6-9-3-1-2-8(4-9)5-10(11(15)16)13-7-14/h1-4,10H,5H2,(H,15,16)/t10-/m1/s1. The fourth-order valence-corrected chi connectivity index (χ4v) is 1.24. The van der Waals surface area contributed by atoms with Gasteiger partial charge in [0, 0.05) is 6.42 Å². The summed E-state index contributed by atoms with van der Waals surface area (Å²) in [6, 6.07) is 7.31. The molecule has 0 fully saturated rings. The van der Waals surface area contributed by atoms with E-state index in [-0.39, 0.29) is 6.42 Å². The molecule has 16 heavy (non-hydrogen) atoms. The molecule has 5 nitrogen and oxygen atoms in total. The molecule has 0 aromatic heterocycles. The normalized spacial score (nSPS) is 10.9. The van der Waals surface area contributed by atoms with Crippen LogP contribution in [0.25, 0.3) is 0 Å². The van der Waals surface area contributed by atoms with E-state index in [2.05, 4.69) is 4.99 Å². The molecular formula is C11H8N2O3. The Labute approximate surface area is 91.7 Å². The summed E-state index contributed by atoms with van der Waals surface area (Å²) in [6.07, 6.45) is 1.30. The highest BCUT2D eigenvalue weighted by atomic mass is 16.4. The minimum absolute atomic E-state index is 0.0695. The molecule has 0 saturated heterocycles. The summed E-state index contributed by atoms with van der Waals surface area (Å²) >= 11 is 0. The third-order valence-electron chi connectivity index (χ3n) is 1.98. The number of carbonyl (C=O) groups is 1. The van der Waals surface area contributed by atoms with Gasteiger partial charge in [-0.05, 0) is 17.7 Å². The monoisotopic (exact) mass is 216 g/mol. The molecule has 1 aromatic carbocycles. The number of rotatable bonds is 4. The third-order valence-corrected chi connectivity index (χ3v) is 1.98. The molecule has 1 N–H and O–H groups in total. The van der Waals surface area contributed by atoms with Gasteiger partial charge in [0.1, 0.15) is 0 Å². The Morgan fingerprint density at radius 1 is 1.56 bits per heavy atom. The fraction of sp³-hybridized carbons (Fsp3) is 0.182. The number of benzene rings is 1. The van der Waals surface area contributed by atoms with Gasteiger partial charge in [0.2, 0.25) is 6.08 Å². The van der Waals surface area contributed by atoms with Crippen molar-refractivity contribution in [3.8, 4) is 6.07 Å². The van der Waals surface area contributed by atoms with E-state index in [0.717, 1.165) is 0 Å². The first kappa shape index (κ1) is 11.6. The zero-order valence-electron chi connectivity index (χ0n) is 8.25. The van der Waals surface area contributed by atoms with Crippen LogP contribution in [0.3, 0.4) is 0 Å². The molecule has 0 aliphatic heterocycles. The van der Waals surface area contributed by atoms with Gasteiger partial charge < -0.3 is 5.11 Å². The van der Waals surface area contributed by atoms with E-state index in [1.165, 1.54) is 6.08 Å². The summed E-state index contributed by atoms with van der Waals surface area (Å²) in [5, 5.41) is 17.4. The molecule has 1 atom stereocenters. The predicted octanol–water partition coefficient (Wildman–Crippen LogP) is 0.890. The summed E-state index contributed by atoms with van der Waals surface area (Å²) in [6.45, 7) is 0. The second-order valence-corrected chi connectivity index (χ2v) is 3.09. The van der Waals surface area contributed by atoms with E-state index in [1.54, 1.807) is 24.3 Å². The highest BCUT2D eigenvalue weighted by Crippen LogP contribution is 2.08. The summed E-state index contributed by atoms with van der Waals surface area (Å²) < 4.78 is 0. The Balaban J connectivity index is 2.89. The van der Waals surface area contributed by atoms with Crippen LogP contribution >= 0.6 is 0 Å². The van der Waals surface area contributed by atoms with Crippen LogP contribution in [0, 0.1) is 11.3 Å². The molecule has 0 spiro atoms. The molecule has 0 aliphatic carbocycles. The maximum atomic E-state index is 10.7. The van der Waals surface area contributed by atoms with E-state index in [9.17, 15) is 9.59 Å². The number of aliphatic carboxylic acids is 1.